The van der Waals surface area contributed by atoms with E-state index in [1.807, 2.05) is 54.6 Å². The number of pyridine rings is 1. The summed E-state index contributed by atoms with van der Waals surface area (Å²) < 4.78 is 0. The van der Waals surface area contributed by atoms with Crippen molar-refractivity contribution in [3.05, 3.63) is 83.7 Å². The van der Waals surface area contributed by atoms with Crippen LogP contribution in [0.1, 0.15) is 21.5 Å². The van der Waals surface area contributed by atoms with Crippen molar-refractivity contribution >= 4 is 11.6 Å². The molecule has 5 heteroatoms. The van der Waals surface area contributed by atoms with Crippen LogP contribution in [0.2, 0.25) is 0 Å². The normalized spacial score (nSPS) is 12.3. The van der Waals surface area contributed by atoms with Gasteiger partial charge >= 0.3 is 0 Å². The van der Waals surface area contributed by atoms with Gasteiger partial charge in [-0.1, -0.05) is 24.3 Å². The van der Waals surface area contributed by atoms with E-state index in [4.69, 9.17) is 5.26 Å². The lowest BCUT2D eigenvalue weighted by atomic mass is 10.0. The summed E-state index contributed by atoms with van der Waals surface area (Å²) in [5, 5.41) is 12.1. The van der Waals surface area contributed by atoms with Crippen LogP contribution in [0.15, 0.2) is 67.0 Å². The van der Waals surface area contributed by atoms with Crippen molar-refractivity contribution in [2.24, 2.45) is 0 Å². The van der Waals surface area contributed by atoms with Gasteiger partial charge in [0.2, 0.25) is 0 Å². The minimum Gasteiger partial charge on any atom is -0.322 e. The molecule has 0 spiro atoms. The second-order valence-corrected chi connectivity index (χ2v) is 6.17. The van der Waals surface area contributed by atoms with Gasteiger partial charge in [0, 0.05) is 29.2 Å². The Bertz CT molecular complexity index is 991. The average Bonchev–Trinajstić information content (AvgIpc) is 3.13. The van der Waals surface area contributed by atoms with Crippen LogP contribution in [-0.2, 0) is 13.1 Å². The molecule has 0 atom stereocenters. The summed E-state index contributed by atoms with van der Waals surface area (Å²) in [7, 11) is 0. The fraction of sp³-hybridized carbons (Fsp3) is 0.0952. The van der Waals surface area contributed by atoms with E-state index in [9.17, 15) is 4.79 Å². The smallest absolute Gasteiger partial charge is 0.255 e. The highest BCUT2D eigenvalue weighted by Crippen LogP contribution is 2.29. The zero-order valence-electron chi connectivity index (χ0n) is 14.0. The van der Waals surface area contributed by atoms with Crippen molar-refractivity contribution in [3.8, 4) is 17.3 Å². The van der Waals surface area contributed by atoms with E-state index in [0.29, 0.717) is 18.7 Å². The predicted molar refractivity (Wildman–Crippen MR) is 98.9 cm³/mol. The lowest BCUT2D eigenvalue weighted by Crippen LogP contribution is -2.13. The number of rotatable bonds is 3. The van der Waals surface area contributed by atoms with Crippen LogP contribution in [0.25, 0.3) is 11.1 Å². The SMILES string of the molecule is N#CN1Cc2cccc(NC(=O)c3ccc(-c4ccncc4)cc3)c2C1. The molecule has 0 saturated heterocycles. The Labute approximate surface area is 151 Å². The molecule has 1 aliphatic rings. The van der Waals surface area contributed by atoms with Crippen LogP contribution in [0.3, 0.4) is 0 Å². The number of anilines is 1. The Morgan fingerprint density at radius 1 is 1.00 bits per heavy atom. The predicted octanol–water partition coefficient (Wildman–Crippen LogP) is 3.80. The molecule has 0 aliphatic carbocycles. The third-order valence-corrected chi connectivity index (χ3v) is 4.53. The fourth-order valence-electron chi connectivity index (χ4n) is 3.16. The first-order valence-corrected chi connectivity index (χ1v) is 8.32. The second kappa shape index (κ2) is 6.69. The molecular formula is C21H16N4O. The van der Waals surface area contributed by atoms with Crippen LogP contribution in [-0.4, -0.2) is 15.8 Å². The number of carbonyl (C=O) groups excluding carboxylic acids is 1. The van der Waals surface area contributed by atoms with E-state index in [0.717, 1.165) is 27.9 Å². The molecule has 5 nitrogen and oxygen atoms in total. The maximum Gasteiger partial charge on any atom is 0.255 e. The van der Waals surface area contributed by atoms with E-state index < -0.39 is 0 Å². The molecule has 126 valence electrons. The molecular weight excluding hydrogens is 324 g/mol. The average molecular weight is 340 g/mol. The minimum absolute atomic E-state index is 0.157. The zero-order chi connectivity index (χ0) is 17.9. The van der Waals surface area contributed by atoms with Crippen LogP contribution < -0.4 is 5.32 Å². The van der Waals surface area contributed by atoms with Gasteiger partial charge in [-0.15, -0.1) is 0 Å². The van der Waals surface area contributed by atoms with E-state index in [1.54, 1.807) is 17.3 Å². The van der Waals surface area contributed by atoms with E-state index in [2.05, 4.69) is 16.5 Å². The van der Waals surface area contributed by atoms with Gasteiger partial charge in [0.1, 0.15) is 0 Å². The van der Waals surface area contributed by atoms with Crippen molar-refractivity contribution in [2.75, 3.05) is 5.32 Å². The molecule has 0 bridgehead atoms. The third kappa shape index (κ3) is 3.01. The van der Waals surface area contributed by atoms with Gasteiger partial charge in [-0.05, 0) is 47.0 Å². The van der Waals surface area contributed by atoms with Gasteiger partial charge in [0.25, 0.3) is 5.91 Å². The minimum atomic E-state index is -0.157. The number of hydrogen-bond acceptors (Lipinski definition) is 4. The van der Waals surface area contributed by atoms with Crippen molar-refractivity contribution in [2.45, 2.75) is 13.1 Å². The quantitative estimate of drug-likeness (QED) is 0.736. The lowest BCUT2D eigenvalue weighted by Gasteiger charge is -2.10. The van der Waals surface area contributed by atoms with Crippen LogP contribution >= 0.6 is 0 Å². The van der Waals surface area contributed by atoms with Gasteiger partial charge in [0.15, 0.2) is 6.19 Å². The molecule has 0 saturated carbocycles. The first-order chi connectivity index (χ1) is 12.7. The number of fused-ring (bicyclic) bond motifs is 1. The van der Waals surface area contributed by atoms with Gasteiger partial charge in [-0.3, -0.25) is 9.78 Å². The summed E-state index contributed by atoms with van der Waals surface area (Å²) in [5.41, 5.74) is 5.55. The largest absolute Gasteiger partial charge is 0.322 e. The summed E-state index contributed by atoms with van der Waals surface area (Å²) in [5.74, 6) is -0.157. The molecule has 0 unspecified atom stereocenters. The number of aromatic nitrogens is 1. The monoisotopic (exact) mass is 340 g/mol. The molecule has 3 aromatic rings. The highest BCUT2D eigenvalue weighted by Gasteiger charge is 2.21. The first kappa shape index (κ1) is 15.9. The van der Waals surface area contributed by atoms with Crippen molar-refractivity contribution < 1.29 is 4.79 Å². The van der Waals surface area contributed by atoms with Crippen molar-refractivity contribution in [1.82, 2.24) is 9.88 Å². The number of hydrogen-bond donors (Lipinski definition) is 1. The number of carbonyl (C=O) groups is 1. The highest BCUT2D eigenvalue weighted by atomic mass is 16.1. The highest BCUT2D eigenvalue weighted by molar-refractivity contribution is 6.05. The maximum absolute atomic E-state index is 12.6. The summed E-state index contributed by atoms with van der Waals surface area (Å²) in [6.07, 6.45) is 5.65. The molecule has 0 fully saturated rings. The zero-order valence-corrected chi connectivity index (χ0v) is 14.0. The summed E-state index contributed by atoms with van der Waals surface area (Å²) in [4.78, 5) is 18.3. The third-order valence-electron chi connectivity index (χ3n) is 4.53. The van der Waals surface area contributed by atoms with E-state index in [1.165, 1.54) is 0 Å². The first-order valence-electron chi connectivity index (χ1n) is 8.32. The topological polar surface area (TPSA) is 69.0 Å². The Morgan fingerprint density at radius 2 is 1.73 bits per heavy atom. The summed E-state index contributed by atoms with van der Waals surface area (Å²) >= 11 is 0. The van der Waals surface area contributed by atoms with Crippen molar-refractivity contribution in [1.29, 1.82) is 5.26 Å². The Morgan fingerprint density at radius 3 is 2.46 bits per heavy atom. The molecule has 4 rings (SSSR count). The number of benzene rings is 2. The van der Waals surface area contributed by atoms with Gasteiger partial charge in [0.05, 0.1) is 13.1 Å². The van der Waals surface area contributed by atoms with Crippen LogP contribution in [0.4, 0.5) is 5.69 Å². The molecule has 2 heterocycles. The Kier molecular flexibility index (Phi) is 4.08. The Hall–Kier alpha value is -3.65. The van der Waals surface area contributed by atoms with Crippen LogP contribution in [0, 0.1) is 11.5 Å². The number of amides is 1. The Balaban J connectivity index is 1.53. The van der Waals surface area contributed by atoms with Gasteiger partial charge in [-0.2, -0.15) is 5.26 Å². The van der Waals surface area contributed by atoms with Crippen molar-refractivity contribution in [3.63, 3.8) is 0 Å². The van der Waals surface area contributed by atoms with Gasteiger partial charge < -0.3 is 10.2 Å². The molecule has 2 aromatic carbocycles. The van der Waals surface area contributed by atoms with E-state index >= 15 is 0 Å². The fourth-order valence-corrected chi connectivity index (χ4v) is 3.16. The maximum atomic E-state index is 12.6. The number of nitrogens with zero attached hydrogens (tertiary/aromatic N) is 3. The number of nitriles is 1. The molecule has 1 N–H and O–H groups in total. The molecule has 26 heavy (non-hydrogen) atoms. The van der Waals surface area contributed by atoms with E-state index in [-0.39, 0.29) is 5.91 Å². The van der Waals surface area contributed by atoms with Gasteiger partial charge in [-0.25, -0.2) is 0 Å². The lowest BCUT2D eigenvalue weighted by molar-refractivity contribution is 0.102. The van der Waals surface area contributed by atoms with Crippen LogP contribution in [0.5, 0.6) is 0 Å². The number of nitrogens with one attached hydrogen (secondary N) is 1. The molecule has 0 radical (unpaired) electrons. The molecule has 1 aliphatic heterocycles. The molecule has 1 aromatic heterocycles. The standard InChI is InChI=1S/C21H16N4O/c22-14-25-12-18-2-1-3-20(19(18)13-25)24-21(26)17-6-4-15(5-7-17)16-8-10-23-11-9-16/h1-11H,12-13H2,(H,24,26). The summed E-state index contributed by atoms with van der Waals surface area (Å²) in [6, 6.07) is 17.1. The molecule has 1 amide bonds. The summed E-state index contributed by atoms with van der Waals surface area (Å²) in [6.45, 7) is 1.12. The second-order valence-electron chi connectivity index (χ2n) is 6.17.